The highest BCUT2D eigenvalue weighted by Gasteiger charge is 2.26. The van der Waals surface area contributed by atoms with Crippen molar-refractivity contribution in [2.45, 2.75) is 77.7 Å². The average Bonchev–Trinajstić information content (AvgIpc) is 3.06. The largest absolute Gasteiger partial charge is 0.353 e. The fourth-order valence-corrected chi connectivity index (χ4v) is 4.78. The molecule has 27 heavy (non-hydrogen) atoms. The smallest absolute Gasteiger partial charge is 0.232 e. The van der Waals surface area contributed by atoms with E-state index in [-0.39, 0.29) is 36.8 Å². The van der Waals surface area contributed by atoms with Crippen LogP contribution in [0.15, 0.2) is 18.2 Å². The molecule has 5 nitrogen and oxygen atoms in total. The first-order valence-electron chi connectivity index (χ1n) is 10.0. The lowest BCUT2D eigenvalue weighted by atomic mass is 9.92. The lowest BCUT2D eigenvalue weighted by Gasteiger charge is -2.30. The molecule has 0 bridgehead atoms. The molecule has 1 aromatic rings. The van der Waals surface area contributed by atoms with Gasteiger partial charge in [-0.3, -0.25) is 9.10 Å². The van der Waals surface area contributed by atoms with Crippen LogP contribution in [0.2, 0.25) is 0 Å². The summed E-state index contributed by atoms with van der Waals surface area (Å²) in [4.78, 5) is 12.4. The van der Waals surface area contributed by atoms with E-state index in [1.165, 1.54) is 10.6 Å². The number of hydrogen-bond acceptors (Lipinski definition) is 3. The second-order valence-electron chi connectivity index (χ2n) is 8.23. The van der Waals surface area contributed by atoms with Crippen LogP contribution in [0.5, 0.6) is 0 Å². The molecule has 152 valence electrons. The van der Waals surface area contributed by atoms with Gasteiger partial charge < -0.3 is 5.32 Å². The molecular formula is C21H34N2O3S. The Labute approximate surface area is 164 Å². The number of nitrogens with zero attached hydrogens (tertiary/aromatic N) is 1. The van der Waals surface area contributed by atoms with E-state index < -0.39 is 10.0 Å². The van der Waals surface area contributed by atoms with Crippen LogP contribution in [-0.2, 0) is 14.8 Å². The van der Waals surface area contributed by atoms with Crippen LogP contribution in [0.4, 0.5) is 5.69 Å². The number of sulfonamides is 1. The number of carbonyl (C=O) groups is 1. The van der Waals surface area contributed by atoms with Crippen molar-refractivity contribution in [3.8, 4) is 0 Å². The summed E-state index contributed by atoms with van der Waals surface area (Å²) < 4.78 is 26.7. The number of hydrogen-bond donors (Lipinski definition) is 1. The zero-order valence-electron chi connectivity index (χ0n) is 17.3. The molecule has 2 rings (SSSR count). The standard InChI is InChI=1S/C21H34N2O3S/c1-15(2)18-11-8-12-19(16(3)4)21(18)23(27(5,25)26)14-13-20(24)22-17-9-6-7-10-17/h8,11-12,15-17H,6-7,9-10,13-14H2,1-5H3,(H,22,24). The van der Waals surface area contributed by atoms with Gasteiger partial charge in [-0.05, 0) is 35.8 Å². The summed E-state index contributed by atoms with van der Waals surface area (Å²) in [5.41, 5.74) is 2.75. The summed E-state index contributed by atoms with van der Waals surface area (Å²) in [5.74, 6) is 0.314. The third-order valence-corrected chi connectivity index (χ3v) is 6.42. The Bertz CT molecular complexity index is 724. The number of benzene rings is 1. The summed E-state index contributed by atoms with van der Waals surface area (Å²) in [7, 11) is -3.50. The first kappa shape index (κ1) is 21.7. The zero-order valence-corrected chi connectivity index (χ0v) is 18.1. The maximum Gasteiger partial charge on any atom is 0.232 e. The van der Waals surface area contributed by atoms with E-state index >= 15 is 0 Å². The number of nitrogens with one attached hydrogen (secondary N) is 1. The zero-order chi connectivity index (χ0) is 20.2. The molecule has 0 heterocycles. The Morgan fingerprint density at radius 1 is 1.11 bits per heavy atom. The maximum atomic E-state index is 12.6. The summed E-state index contributed by atoms with van der Waals surface area (Å²) in [6.45, 7) is 8.43. The molecule has 0 spiro atoms. The topological polar surface area (TPSA) is 66.5 Å². The van der Waals surface area contributed by atoms with Gasteiger partial charge in [-0.2, -0.15) is 0 Å². The van der Waals surface area contributed by atoms with E-state index in [2.05, 4.69) is 33.0 Å². The normalized spacial score (nSPS) is 15.5. The Morgan fingerprint density at radius 2 is 1.63 bits per heavy atom. The van der Waals surface area contributed by atoms with E-state index in [1.54, 1.807) is 0 Å². The minimum Gasteiger partial charge on any atom is -0.353 e. The van der Waals surface area contributed by atoms with E-state index in [0.717, 1.165) is 42.5 Å². The first-order chi connectivity index (χ1) is 12.6. The molecule has 0 aliphatic heterocycles. The molecule has 6 heteroatoms. The molecule has 1 aliphatic carbocycles. The lowest BCUT2D eigenvalue weighted by Crippen LogP contribution is -2.38. The molecule has 1 amide bonds. The first-order valence-corrected chi connectivity index (χ1v) is 11.9. The molecule has 0 unspecified atom stereocenters. The minimum atomic E-state index is -3.50. The third-order valence-electron chi connectivity index (χ3n) is 5.25. The van der Waals surface area contributed by atoms with Crippen LogP contribution in [-0.4, -0.2) is 33.2 Å². The van der Waals surface area contributed by atoms with Crippen LogP contribution in [0, 0.1) is 0 Å². The fraction of sp³-hybridized carbons (Fsp3) is 0.667. The average molecular weight is 395 g/mol. The molecule has 1 saturated carbocycles. The minimum absolute atomic E-state index is 0.0660. The summed E-state index contributed by atoms with van der Waals surface area (Å²) >= 11 is 0. The van der Waals surface area contributed by atoms with Crippen molar-refractivity contribution in [3.05, 3.63) is 29.3 Å². The predicted octanol–water partition coefficient (Wildman–Crippen LogP) is 4.15. The second-order valence-corrected chi connectivity index (χ2v) is 10.1. The Kier molecular flexibility index (Phi) is 7.32. The molecule has 0 atom stereocenters. The van der Waals surface area contributed by atoms with Gasteiger partial charge in [-0.15, -0.1) is 0 Å². The van der Waals surface area contributed by atoms with Gasteiger partial charge in [0.25, 0.3) is 0 Å². The van der Waals surface area contributed by atoms with E-state index in [1.807, 2.05) is 18.2 Å². The van der Waals surface area contributed by atoms with Crippen LogP contribution in [0.3, 0.4) is 0 Å². The highest BCUT2D eigenvalue weighted by Crippen LogP contribution is 2.36. The van der Waals surface area contributed by atoms with Gasteiger partial charge >= 0.3 is 0 Å². The summed E-state index contributed by atoms with van der Waals surface area (Å²) in [5, 5.41) is 3.05. The van der Waals surface area contributed by atoms with Crippen molar-refractivity contribution in [2.75, 3.05) is 17.1 Å². The number of amides is 1. The molecule has 1 aliphatic rings. The van der Waals surface area contributed by atoms with Crippen molar-refractivity contribution < 1.29 is 13.2 Å². The van der Waals surface area contributed by atoms with Crippen LogP contribution >= 0.6 is 0 Å². The van der Waals surface area contributed by atoms with Crippen molar-refractivity contribution in [3.63, 3.8) is 0 Å². The van der Waals surface area contributed by atoms with E-state index in [4.69, 9.17) is 0 Å². The van der Waals surface area contributed by atoms with Crippen molar-refractivity contribution >= 4 is 21.6 Å². The van der Waals surface area contributed by atoms with Gasteiger partial charge in [-0.25, -0.2) is 8.42 Å². The lowest BCUT2D eigenvalue weighted by molar-refractivity contribution is -0.121. The van der Waals surface area contributed by atoms with Gasteiger partial charge in [0.2, 0.25) is 15.9 Å². The highest BCUT2D eigenvalue weighted by molar-refractivity contribution is 7.92. The number of rotatable bonds is 8. The second kappa shape index (κ2) is 9.09. The molecule has 0 saturated heterocycles. The molecule has 0 aromatic heterocycles. The molecule has 0 radical (unpaired) electrons. The summed E-state index contributed by atoms with van der Waals surface area (Å²) in [6, 6.07) is 6.21. The van der Waals surface area contributed by atoms with Crippen LogP contribution < -0.4 is 9.62 Å². The Morgan fingerprint density at radius 3 is 2.07 bits per heavy atom. The van der Waals surface area contributed by atoms with Gasteiger partial charge in [-0.1, -0.05) is 58.7 Å². The Balaban J connectivity index is 2.30. The van der Waals surface area contributed by atoms with Crippen molar-refractivity contribution in [1.82, 2.24) is 5.32 Å². The number of anilines is 1. The van der Waals surface area contributed by atoms with Gasteiger partial charge in [0.05, 0.1) is 11.9 Å². The quantitative estimate of drug-likeness (QED) is 0.720. The van der Waals surface area contributed by atoms with Gasteiger partial charge in [0.1, 0.15) is 0 Å². The predicted molar refractivity (Wildman–Crippen MR) is 112 cm³/mol. The third kappa shape index (κ3) is 5.71. The van der Waals surface area contributed by atoms with Crippen LogP contribution in [0.1, 0.15) is 82.8 Å². The Hall–Kier alpha value is -1.56. The van der Waals surface area contributed by atoms with Crippen molar-refractivity contribution in [1.29, 1.82) is 0 Å². The monoisotopic (exact) mass is 394 g/mol. The molecular weight excluding hydrogens is 360 g/mol. The van der Waals surface area contributed by atoms with E-state index in [0.29, 0.717) is 0 Å². The fourth-order valence-electron chi connectivity index (χ4n) is 3.82. The van der Waals surface area contributed by atoms with Crippen molar-refractivity contribution in [2.24, 2.45) is 0 Å². The van der Waals surface area contributed by atoms with E-state index in [9.17, 15) is 13.2 Å². The van der Waals surface area contributed by atoms with Gasteiger partial charge in [0.15, 0.2) is 0 Å². The highest BCUT2D eigenvalue weighted by atomic mass is 32.2. The molecule has 1 N–H and O–H groups in total. The molecule has 1 aromatic carbocycles. The number of para-hydroxylation sites is 1. The van der Waals surface area contributed by atoms with Gasteiger partial charge in [0, 0.05) is 19.0 Å². The molecule has 1 fully saturated rings. The maximum absolute atomic E-state index is 12.6. The number of carbonyl (C=O) groups excluding carboxylic acids is 1. The SMILES string of the molecule is CC(C)c1cccc(C(C)C)c1N(CCC(=O)NC1CCCC1)S(C)(=O)=O. The summed E-state index contributed by atoms with van der Waals surface area (Å²) in [6.07, 6.45) is 5.75. The van der Waals surface area contributed by atoms with Crippen LogP contribution in [0.25, 0.3) is 0 Å².